The van der Waals surface area contributed by atoms with Crippen LogP contribution in [0.2, 0.25) is 0 Å². The van der Waals surface area contributed by atoms with Gasteiger partial charge in [0.2, 0.25) is 0 Å². The summed E-state index contributed by atoms with van der Waals surface area (Å²) in [6.07, 6.45) is 6.70. The van der Waals surface area contributed by atoms with Crippen LogP contribution in [0.4, 0.5) is 0 Å². The molecule has 16 heavy (non-hydrogen) atoms. The third-order valence-electron chi connectivity index (χ3n) is 2.11. The van der Waals surface area contributed by atoms with Gasteiger partial charge < -0.3 is 4.74 Å². The highest BCUT2D eigenvalue weighted by Gasteiger charge is 2.24. The van der Waals surface area contributed by atoms with Crippen molar-refractivity contribution in [2.24, 2.45) is 5.41 Å². The molecule has 0 aromatic rings. The van der Waals surface area contributed by atoms with Gasteiger partial charge in [-0.15, -0.1) is 0 Å². The van der Waals surface area contributed by atoms with Gasteiger partial charge in [-0.2, -0.15) is 0 Å². The Labute approximate surface area is 102 Å². The molecule has 0 bridgehead atoms. The molecule has 0 aliphatic rings. The minimum atomic E-state index is -0.0583. The van der Waals surface area contributed by atoms with Crippen LogP contribution in [0.15, 0.2) is 12.2 Å². The van der Waals surface area contributed by atoms with Crippen molar-refractivity contribution in [3.63, 3.8) is 0 Å². The van der Waals surface area contributed by atoms with Gasteiger partial charge >= 0.3 is 0 Å². The van der Waals surface area contributed by atoms with Crippen LogP contribution < -0.4 is 0 Å². The molecule has 0 amide bonds. The van der Waals surface area contributed by atoms with E-state index in [-0.39, 0.29) is 16.6 Å². The highest BCUT2D eigenvalue weighted by Crippen LogP contribution is 2.25. The lowest BCUT2D eigenvalue weighted by Crippen LogP contribution is -2.34. The van der Waals surface area contributed by atoms with E-state index in [1.807, 2.05) is 0 Å². The summed E-state index contributed by atoms with van der Waals surface area (Å²) >= 11 is 0. The SMILES string of the molecule is CC(C)(C)/C=C/CCC(C)(C)OC(C)(C)C. The predicted molar refractivity (Wildman–Crippen MR) is 72.7 cm³/mol. The average molecular weight is 226 g/mol. The average Bonchev–Trinajstić information content (AvgIpc) is 1.91. The minimum Gasteiger partial charge on any atom is -0.370 e. The molecule has 0 spiro atoms. The first-order valence-corrected chi connectivity index (χ1v) is 6.29. The monoisotopic (exact) mass is 226 g/mol. The molecule has 0 aromatic heterocycles. The topological polar surface area (TPSA) is 9.23 Å². The molecule has 0 aliphatic heterocycles. The Morgan fingerprint density at radius 1 is 0.875 bits per heavy atom. The van der Waals surface area contributed by atoms with Gasteiger partial charge in [-0.3, -0.25) is 0 Å². The number of allylic oxidation sites excluding steroid dienone is 2. The summed E-state index contributed by atoms with van der Waals surface area (Å²) in [5, 5.41) is 0. The number of hydrogen-bond donors (Lipinski definition) is 0. The molecule has 1 heteroatoms. The first-order valence-electron chi connectivity index (χ1n) is 6.29. The lowest BCUT2D eigenvalue weighted by Gasteiger charge is -2.33. The third-order valence-corrected chi connectivity index (χ3v) is 2.11. The van der Waals surface area contributed by atoms with Crippen LogP contribution in [-0.4, -0.2) is 11.2 Å². The van der Waals surface area contributed by atoms with Crippen LogP contribution in [0.5, 0.6) is 0 Å². The quantitative estimate of drug-likeness (QED) is 0.615. The van der Waals surface area contributed by atoms with E-state index < -0.39 is 0 Å². The zero-order chi connectivity index (χ0) is 13.0. The molecule has 0 radical (unpaired) electrons. The predicted octanol–water partition coefficient (Wildman–Crippen LogP) is 4.96. The second kappa shape index (κ2) is 5.35. The normalized spacial score (nSPS) is 14.8. The van der Waals surface area contributed by atoms with Crippen molar-refractivity contribution >= 4 is 0 Å². The molecule has 0 saturated carbocycles. The van der Waals surface area contributed by atoms with Crippen molar-refractivity contribution in [2.75, 3.05) is 0 Å². The van der Waals surface area contributed by atoms with Crippen molar-refractivity contribution in [1.29, 1.82) is 0 Å². The Morgan fingerprint density at radius 3 is 1.75 bits per heavy atom. The summed E-state index contributed by atoms with van der Waals surface area (Å²) in [4.78, 5) is 0. The molecule has 0 heterocycles. The summed E-state index contributed by atoms with van der Waals surface area (Å²) in [6.45, 7) is 17.3. The van der Waals surface area contributed by atoms with Crippen LogP contribution >= 0.6 is 0 Å². The highest BCUT2D eigenvalue weighted by atomic mass is 16.5. The number of ether oxygens (including phenoxy) is 1. The molecular formula is C15H30O. The second-order valence-electron chi connectivity index (χ2n) is 7.28. The standard InChI is InChI=1S/C15H30O/c1-13(2,3)11-9-10-12-15(7,8)16-14(4,5)6/h9,11H,10,12H2,1-8H3/b11-9+. The molecule has 0 aromatic carbocycles. The lowest BCUT2D eigenvalue weighted by atomic mass is 9.94. The Bertz CT molecular complexity index is 223. The zero-order valence-electron chi connectivity index (χ0n) is 12.5. The van der Waals surface area contributed by atoms with Gasteiger partial charge in [-0.05, 0) is 52.9 Å². The van der Waals surface area contributed by atoms with Crippen LogP contribution in [0, 0.1) is 5.41 Å². The fourth-order valence-corrected chi connectivity index (χ4v) is 1.75. The molecule has 0 aliphatic carbocycles. The van der Waals surface area contributed by atoms with E-state index in [9.17, 15) is 0 Å². The zero-order valence-corrected chi connectivity index (χ0v) is 12.5. The summed E-state index contributed by atoms with van der Waals surface area (Å²) in [6, 6.07) is 0. The van der Waals surface area contributed by atoms with E-state index in [4.69, 9.17) is 4.74 Å². The van der Waals surface area contributed by atoms with Gasteiger partial charge in [0, 0.05) is 0 Å². The first kappa shape index (κ1) is 15.7. The highest BCUT2D eigenvalue weighted by molar-refractivity contribution is 4.93. The van der Waals surface area contributed by atoms with Crippen LogP contribution in [0.1, 0.15) is 68.2 Å². The van der Waals surface area contributed by atoms with Crippen molar-refractivity contribution in [3.8, 4) is 0 Å². The molecule has 0 rings (SSSR count). The molecule has 96 valence electrons. The fraction of sp³-hybridized carbons (Fsp3) is 0.867. The van der Waals surface area contributed by atoms with E-state index in [1.165, 1.54) is 0 Å². The maximum atomic E-state index is 6.02. The maximum Gasteiger partial charge on any atom is 0.0636 e. The van der Waals surface area contributed by atoms with Gasteiger partial charge in [0.15, 0.2) is 0 Å². The van der Waals surface area contributed by atoms with Crippen LogP contribution in [-0.2, 0) is 4.74 Å². The molecular weight excluding hydrogens is 196 g/mol. The van der Waals surface area contributed by atoms with E-state index in [2.05, 4.69) is 67.5 Å². The second-order valence-corrected chi connectivity index (χ2v) is 7.28. The van der Waals surface area contributed by atoms with Gasteiger partial charge in [0.1, 0.15) is 0 Å². The van der Waals surface area contributed by atoms with E-state index in [0.29, 0.717) is 0 Å². The smallest absolute Gasteiger partial charge is 0.0636 e. The maximum absolute atomic E-state index is 6.02. The third kappa shape index (κ3) is 10.2. The Kier molecular flexibility index (Phi) is 5.25. The lowest BCUT2D eigenvalue weighted by molar-refractivity contribution is -0.115. The van der Waals surface area contributed by atoms with E-state index >= 15 is 0 Å². The Balaban J connectivity index is 4.06. The van der Waals surface area contributed by atoms with E-state index in [1.54, 1.807) is 0 Å². The summed E-state index contributed by atoms with van der Waals surface area (Å²) in [5.74, 6) is 0. The largest absolute Gasteiger partial charge is 0.370 e. The van der Waals surface area contributed by atoms with Gasteiger partial charge in [-0.25, -0.2) is 0 Å². The summed E-state index contributed by atoms with van der Waals surface area (Å²) in [5.41, 5.74) is 0.187. The molecule has 0 N–H and O–H groups in total. The van der Waals surface area contributed by atoms with E-state index in [0.717, 1.165) is 12.8 Å². The number of hydrogen-bond acceptors (Lipinski definition) is 1. The summed E-state index contributed by atoms with van der Waals surface area (Å²) in [7, 11) is 0. The fourth-order valence-electron chi connectivity index (χ4n) is 1.75. The van der Waals surface area contributed by atoms with Crippen molar-refractivity contribution < 1.29 is 4.74 Å². The molecule has 0 fully saturated rings. The Hall–Kier alpha value is -0.300. The molecule has 1 nitrogen and oxygen atoms in total. The minimum absolute atomic E-state index is 0.0412. The van der Waals surface area contributed by atoms with Crippen molar-refractivity contribution in [1.82, 2.24) is 0 Å². The first-order chi connectivity index (χ1) is 6.91. The molecule has 0 unspecified atom stereocenters. The van der Waals surface area contributed by atoms with Crippen LogP contribution in [0.25, 0.3) is 0 Å². The van der Waals surface area contributed by atoms with Gasteiger partial charge in [0.25, 0.3) is 0 Å². The molecule has 0 saturated heterocycles. The summed E-state index contributed by atoms with van der Waals surface area (Å²) < 4.78 is 6.02. The van der Waals surface area contributed by atoms with Crippen molar-refractivity contribution in [2.45, 2.75) is 79.4 Å². The van der Waals surface area contributed by atoms with Gasteiger partial charge in [0.05, 0.1) is 11.2 Å². The van der Waals surface area contributed by atoms with Gasteiger partial charge in [-0.1, -0.05) is 32.9 Å². The molecule has 0 atom stereocenters. The van der Waals surface area contributed by atoms with Crippen LogP contribution in [0.3, 0.4) is 0 Å². The Morgan fingerprint density at radius 2 is 1.38 bits per heavy atom. The number of rotatable bonds is 4. The van der Waals surface area contributed by atoms with Crippen molar-refractivity contribution in [3.05, 3.63) is 12.2 Å².